The van der Waals surface area contributed by atoms with Crippen LogP contribution in [-0.2, 0) is 13.2 Å². The summed E-state index contributed by atoms with van der Waals surface area (Å²) in [5, 5.41) is 9.74. The van der Waals surface area contributed by atoms with Gasteiger partial charge in [-0.05, 0) is 30.7 Å². The van der Waals surface area contributed by atoms with Crippen LogP contribution >= 0.6 is 11.6 Å². The van der Waals surface area contributed by atoms with Crippen molar-refractivity contribution >= 4 is 17.4 Å². The van der Waals surface area contributed by atoms with E-state index in [1.54, 1.807) is 18.6 Å². The zero-order valence-electron chi connectivity index (χ0n) is 10.8. The number of nitrogens with zero attached hydrogens (tertiary/aromatic N) is 3. The molecule has 0 atom stereocenters. The summed E-state index contributed by atoms with van der Waals surface area (Å²) in [7, 11) is 0. The fourth-order valence-corrected chi connectivity index (χ4v) is 1.99. The number of hydrogen-bond donors (Lipinski definition) is 1. The molecule has 0 spiro atoms. The van der Waals surface area contributed by atoms with Crippen LogP contribution in [0.25, 0.3) is 0 Å². The largest absolute Gasteiger partial charge is 0.392 e. The van der Waals surface area contributed by atoms with Crippen LogP contribution in [-0.4, -0.2) is 21.6 Å². The molecule has 0 saturated carbocycles. The molecule has 0 aromatic carbocycles. The summed E-state index contributed by atoms with van der Waals surface area (Å²) in [6, 6.07) is 5.78. The predicted molar refractivity (Wildman–Crippen MR) is 76.1 cm³/mol. The van der Waals surface area contributed by atoms with E-state index in [2.05, 4.69) is 21.8 Å². The van der Waals surface area contributed by atoms with Crippen LogP contribution in [0.1, 0.15) is 18.1 Å². The lowest BCUT2D eigenvalue weighted by Gasteiger charge is -2.22. The van der Waals surface area contributed by atoms with Gasteiger partial charge in [0.2, 0.25) is 0 Å². The molecule has 5 heteroatoms. The Bertz CT molecular complexity index is 533. The maximum atomic E-state index is 9.25. The number of halogens is 1. The van der Waals surface area contributed by atoms with Crippen molar-refractivity contribution < 1.29 is 5.11 Å². The molecule has 2 aromatic heterocycles. The van der Waals surface area contributed by atoms with Crippen LogP contribution in [0.15, 0.2) is 36.8 Å². The maximum Gasteiger partial charge on any atom is 0.129 e. The summed E-state index contributed by atoms with van der Waals surface area (Å²) in [6.45, 7) is 3.55. The van der Waals surface area contributed by atoms with Crippen LogP contribution in [0.3, 0.4) is 0 Å². The molecule has 0 fully saturated rings. The lowest BCUT2D eigenvalue weighted by Crippen LogP contribution is -2.23. The van der Waals surface area contributed by atoms with Crippen LogP contribution in [0.5, 0.6) is 0 Å². The highest BCUT2D eigenvalue weighted by Crippen LogP contribution is 2.21. The number of aliphatic hydroxyl groups excluding tert-OH is 1. The summed E-state index contributed by atoms with van der Waals surface area (Å²) < 4.78 is 0. The molecule has 1 N–H and O–H groups in total. The molecule has 4 nitrogen and oxygen atoms in total. The second kappa shape index (κ2) is 6.50. The van der Waals surface area contributed by atoms with E-state index in [1.165, 1.54) is 5.56 Å². The Hall–Kier alpha value is -1.65. The summed E-state index contributed by atoms with van der Waals surface area (Å²) in [6.07, 6.45) is 5.13. The van der Waals surface area contributed by atoms with E-state index < -0.39 is 0 Å². The van der Waals surface area contributed by atoms with Crippen LogP contribution in [0.4, 0.5) is 5.82 Å². The Morgan fingerprint density at radius 3 is 2.68 bits per heavy atom. The zero-order chi connectivity index (χ0) is 13.7. The first-order valence-corrected chi connectivity index (χ1v) is 6.51. The highest BCUT2D eigenvalue weighted by molar-refractivity contribution is 6.31. The molecule has 0 saturated heterocycles. The van der Waals surface area contributed by atoms with Crippen molar-refractivity contribution in [1.29, 1.82) is 0 Å². The Kier molecular flexibility index (Phi) is 4.71. The molecular weight excluding hydrogens is 262 g/mol. The minimum Gasteiger partial charge on any atom is -0.392 e. The normalized spacial score (nSPS) is 10.5. The second-order valence-corrected chi connectivity index (χ2v) is 4.57. The van der Waals surface area contributed by atoms with Gasteiger partial charge in [0.1, 0.15) is 5.82 Å². The number of aliphatic hydroxyl groups is 1. The Balaban J connectivity index is 2.22. The Morgan fingerprint density at radius 2 is 2.05 bits per heavy atom. The molecule has 2 aromatic rings. The van der Waals surface area contributed by atoms with Crippen molar-refractivity contribution in [3.8, 4) is 0 Å². The Labute approximate surface area is 117 Å². The monoisotopic (exact) mass is 277 g/mol. The molecule has 0 aliphatic carbocycles. The number of hydrogen-bond acceptors (Lipinski definition) is 4. The molecule has 0 unspecified atom stereocenters. The summed E-state index contributed by atoms with van der Waals surface area (Å²) in [4.78, 5) is 10.4. The SMILES string of the molecule is CCN(Cc1ccncc1)c1cc(CO)c(Cl)cn1. The van der Waals surface area contributed by atoms with E-state index in [-0.39, 0.29) is 6.61 Å². The van der Waals surface area contributed by atoms with Gasteiger partial charge < -0.3 is 10.0 Å². The topological polar surface area (TPSA) is 49.2 Å². The van der Waals surface area contributed by atoms with E-state index >= 15 is 0 Å². The third kappa shape index (κ3) is 3.43. The average Bonchev–Trinajstić information content (AvgIpc) is 2.46. The molecular formula is C14H16ClN3O. The van der Waals surface area contributed by atoms with Crippen molar-refractivity contribution in [3.05, 3.63) is 52.9 Å². The van der Waals surface area contributed by atoms with E-state index in [0.717, 1.165) is 18.9 Å². The van der Waals surface area contributed by atoms with Crippen molar-refractivity contribution in [3.63, 3.8) is 0 Å². The molecule has 2 heterocycles. The lowest BCUT2D eigenvalue weighted by molar-refractivity contribution is 0.282. The number of anilines is 1. The second-order valence-electron chi connectivity index (χ2n) is 4.16. The molecule has 0 aliphatic heterocycles. The van der Waals surface area contributed by atoms with Gasteiger partial charge in [-0.1, -0.05) is 11.6 Å². The molecule has 0 radical (unpaired) electrons. The van der Waals surface area contributed by atoms with E-state index in [4.69, 9.17) is 11.6 Å². The third-order valence-electron chi connectivity index (χ3n) is 2.92. The van der Waals surface area contributed by atoms with Gasteiger partial charge >= 0.3 is 0 Å². The predicted octanol–water partition coefficient (Wildman–Crippen LogP) is 2.65. The smallest absolute Gasteiger partial charge is 0.129 e. The first kappa shape index (κ1) is 13.8. The van der Waals surface area contributed by atoms with Gasteiger partial charge in [-0.2, -0.15) is 0 Å². The highest BCUT2D eigenvalue weighted by Gasteiger charge is 2.09. The first-order valence-electron chi connectivity index (χ1n) is 6.13. The van der Waals surface area contributed by atoms with E-state index in [0.29, 0.717) is 10.6 Å². The van der Waals surface area contributed by atoms with Gasteiger partial charge in [0.25, 0.3) is 0 Å². The zero-order valence-corrected chi connectivity index (χ0v) is 11.5. The fourth-order valence-electron chi connectivity index (χ4n) is 1.83. The van der Waals surface area contributed by atoms with Gasteiger partial charge in [0.15, 0.2) is 0 Å². The van der Waals surface area contributed by atoms with Crippen LogP contribution in [0, 0.1) is 0 Å². The van der Waals surface area contributed by atoms with Gasteiger partial charge in [-0.3, -0.25) is 4.98 Å². The Morgan fingerprint density at radius 1 is 1.32 bits per heavy atom. The van der Waals surface area contributed by atoms with E-state index in [1.807, 2.05) is 18.2 Å². The van der Waals surface area contributed by atoms with Crippen molar-refractivity contribution in [2.24, 2.45) is 0 Å². The number of pyridine rings is 2. The number of aromatic nitrogens is 2. The summed E-state index contributed by atoms with van der Waals surface area (Å²) >= 11 is 5.96. The van der Waals surface area contributed by atoms with E-state index in [9.17, 15) is 5.11 Å². The van der Waals surface area contributed by atoms with Gasteiger partial charge in [0.05, 0.1) is 11.6 Å². The quantitative estimate of drug-likeness (QED) is 0.913. The molecule has 19 heavy (non-hydrogen) atoms. The first-order chi connectivity index (χ1) is 9.24. The highest BCUT2D eigenvalue weighted by atomic mass is 35.5. The van der Waals surface area contributed by atoms with Gasteiger partial charge in [-0.15, -0.1) is 0 Å². The van der Waals surface area contributed by atoms with Gasteiger partial charge in [-0.25, -0.2) is 4.98 Å². The molecule has 2 rings (SSSR count). The summed E-state index contributed by atoms with van der Waals surface area (Å²) in [5.74, 6) is 0.813. The van der Waals surface area contributed by atoms with Crippen molar-refractivity contribution in [1.82, 2.24) is 9.97 Å². The maximum absolute atomic E-state index is 9.25. The molecule has 0 amide bonds. The standard InChI is InChI=1S/C14H16ClN3O/c1-2-18(9-11-3-5-16-6-4-11)14-7-12(10-19)13(15)8-17-14/h3-8,19H,2,9-10H2,1H3. The van der Waals surface area contributed by atoms with Gasteiger partial charge in [0, 0.05) is 37.2 Å². The van der Waals surface area contributed by atoms with Crippen LogP contribution < -0.4 is 4.90 Å². The molecule has 0 bridgehead atoms. The van der Waals surface area contributed by atoms with Crippen LogP contribution in [0.2, 0.25) is 5.02 Å². The number of rotatable bonds is 5. The third-order valence-corrected chi connectivity index (χ3v) is 3.26. The molecule has 0 aliphatic rings. The molecule has 100 valence electrons. The fraction of sp³-hybridized carbons (Fsp3) is 0.286. The lowest BCUT2D eigenvalue weighted by atomic mass is 10.2. The average molecular weight is 278 g/mol. The minimum atomic E-state index is -0.0822. The summed E-state index contributed by atoms with van der Waals surface area (Å²) in [5.41, 5.74) is 1.86. The minimum absolute atomic E-state index is 0.0822. The van der Waals surface area contributed by atoms with Crippen molar-refractivity contribution in [2.45, 2.75) is 20.1 Å². The van der Waals surface area contributed by atoms with Crippen molar-refractivity contribution in [2.75, 3.05) is 11.4 Å².